The number of ketones is 1. The third-order valence-corrected chi connectivity index (χ3v) is 4.47. The van der Waals surface area contributed by atoms with Crippen LogP contribution < -0.4 is 0 Å². The highest BCUT2D eigenvalue weighted by Gasteiger charge is 2.17. The molecule has 0 aliphatic rings. The predicted molar refractivity (Wildman–Crippen MR) is 89.7 cm³/mol. The van der Waals surface area contributed by atoms with Gasteiger partial charge in [-0.1, -0.05) is 13.8 Å². The average molecular weight is 356 g/mol. The maximum atomic E-state index is 12.0. The Kier molecular flexibility index (Phi) is 7.57. The van der Waals surface area contributed by atoms with Gasteiger partial charge in [0.1, 0.15) is 0 Å². The lowest BCUT2D eigenvalue weighted by Crippen LogP contribution is -2.26. The van der Waals surface area contributed by atoms with Crippen LogP contribution in [0.4, 0.5) is 0 Å². The summed E-state index contributed by atoms with van der Waals surface area (Å²) in [5.74, 6) is -0.526. The van der Waals surface area contributed by atoms with Gasteiger partial charge < -0.3 is 9.47 Å². The van der Waals surface area contributed by atoms with Crippen LogP contribution in [-0.4, -0.2) is 45.7 Å². The zero-order valence-corrected chi connectivity index (χ0v) is 15.3. The summed E-state index contributed by atoms with van der Waals surface area (Å²) in [7, 11) is -3.31. The lowest BCUT2D eigenvalue weighted by molar-refractivity contribution is -0.155. The minimum absolute atomic E-state index is 0.128. The number of rotatable bonds is 9. The van der Waals surface area contributed by atoms with Gasteiger partial charge in [0.25, 0.3) is 0 Å². The highest BCUT2D eigenvalue weighted by atomic mass is 32.2. The van der Waals surface area contributed by atoms with Crippen LogP contribution in [0.25, 0.3) is 0 Å². The standard InChI is InChI=1S/C17H24O6S/c1-12(2)9-10-22-13(3)17(19)23-11-16(18)14-5-7-15(8-6-14)24(4,20)21/h5-8,12-13H,9-11H2,1-4H3. The Labute approximate surface area is 143 Å². The Morgan fingerprint density at radius 1 is 1.08 bits per heavy atom. The van der Waals surface area contributed by atoms with E-state index in [0.717, 1.165) is 12.7 Å². The molecule has 0 bridgehead atoms. The number of carbonyl (C=O) groups is 2. The average Bonchev–Trinajstić information content (AvgIpc) is 2.51. The normalized spacial score (nSPS) is 12.9. The Morgan fingerprint density at radius 2 is 1.67 bits per heavy atom. The van der Waals surface area contributed by atoms with Crippen molar-refractivity contribution in [3.63, 3.8) is 0 Å². The molecule has 0 aliphatic heterocycles. The number of Topliss-reactive ketones (excluding diaryl/α,β-unsaturated/α-hetero) is 1. The molecule has 0 radical (unpaired) electrons. The van der Waals surface area contributed by atoms with Crippen LogP contribution in [0.2, 0.25) is 0 Å². The van der Waals surface area contributed by atoms with Crippen molar-refractivity contribution >= 4 is 21.6 Å². The Hall–Kier alpha value is -1.73. The first-order chi connectivity index (χ1) is 11.1. The van der Waals surface area contributed by atoms with Gasteiger partial charge in [-0.05, 0) is 43.5 Å². The van der Waals surface area contributed by atoms with Crippen LogP contribution in [0.3, 0.4) is 0 Å². The van der Waals surface area contributed by atoms with Crippen LogP contribution >= 0.6 is 0 Å². The largest absolute Gasteiger partial charge is 0.455 e. The topological polar surface area (TPSA) is 86.7 Å². The zero-order chi connectivity index (χ0) is 18.3. The molecule has 0 amide bonds. The van der Waals surface area contributed by atoms with E-state index in [-0.39, 0.29) is 10.5 Å². The second-order valence-corrected chi connectivity index (χ2v) is 8.04. The molecule has 1 unspecified atom stereocenters. The number of ether oxygens (including phenoxy) is 2. The van der Waals surface area contributed by atoms with E-state index in [1.54, 1.807) is 6.92 Å². The molecular weight excluding hydrogens is 332 g/mol. The monoisotopic (exact) mass is 356 g/mol. The fourth-order valence-electron chi connectivity index (χ4n) is 1.77. The van der Waals surface area contributed by atoms with E-state index in [2.05, 4.69) is 13.8 Å². The zero-order valence-electron chi connectivity index (χ0n) is 14.4. The van der Waals surface area contributed by atoms with Gasteiger partial charge in [-0.15, -0.1) is 0 Å². The Bertz CT molecular complexity index is 661. The summed E-state index contributed by atoms with van der Waals surface area (Å²) < 4.78 is 33.0. The van der Waals surface area contributed by atoms with Crippen molar-refractivity contribution in [3.05, 3.63) is 29.8 Å². The molecule has 1 atom stereocenters. The quantitative estimate of drug-likeness (QED) is 0.498. The maximum Gasteiger partial charge on any atom is 0.335 e. The molecule has 0 saturated heterocycles. The van der Waals surface area contributed by atoms with Gasteiger partial charge in [0.2, 0.25) is 0 Å². The first kappa shape index (κ1) is 20.3. The van der Waals surface area contributed by atoms with Crippen molar-refractivity contribution < 1.29 is 27.5 Å². The van der Waals surface area contributed by atoms with Gasteiger partial charge in [-0.2, -0.15) is 0 Å². The molecule has 1 rings (SSSR count). The molecule has 6 nitrogen and oxygen atoms in total. The maximum absolute atomic E-state index is 12.0. The highest BCUT2D eigenvalue weighted by molar-refractivity contribution is 7.90. The van der Waals surface area contributed by atoms with Crippen LogP contribution in [0.15, 0.2) is 29.2 Å². The Balaban J connectivity index is 2.49. The molecule has 0 aromatic heterocycles. The van der Waals surface area contributed by atoms with Gasteiger partial charge in [0, 0.05) is 18.4 Å². The summed E-state index contributed by atoms with van der Waals surface area (Å²) >= 11 is 0. The molecule has 0 spiro atoms. The second-order valence-electron chi connectivity index (χ2n) is 6.02. The SMILES string of the molecule is CC(C)CCOC(C)C(=O)OCC(=O)c1ccc(S(C)(=O)=O)cc1. The number of sulfone groups is 1. The third kappa shape index (κ3) is 6.80. The van der Waals surface area contributed by atoms with Gasteiger partial charge in [-0.25, -0.2) is 13.2 Å². The second kappa shape index (κ2) is 8.94. The number of hydrogen-bond acceptors (Lipinski definition) is 6. The van der Waals surface area contributed by atoms with Gasteiger partial charge >= 0.3 is 5.97 Å². The van der Waals surface area contributed by atoms with E-state index in [9.17, 15) is 18.0 Å². The van der Waals surface area contributed by atoms with E-state index < -0.39 is 34.3 Å². The minimum Gasteiger partial charge on any atom is -0.455 e. The van der Waals surface area contributed by atoms with Gasteiger partial charge in [0.05, 0.1) is 4.90 Å². The number of carbonyl (C=O) groups excluding carboxylic acids is 2. The molecule has 0 fully saturated rings. The lowest BCUT2D eigenvalue weighted by atomic mass is 10.1. The highest BCUT2D eigenvalue weighted by Crippen LogP contribution is 2.11. The smallest absolute Gasteiger partial charge is 0.335 e. The summed E-state index contributed by atoms with van der Waals surface area (Å²) in [5.41, 5.74) is 0.281. The van der Waals surface area contributed by atoms with Crippen molar-refractivity contribution in [2.45, 2.75) is 38.2 Å². The van der Waals surface area contributed by atoms with Crippen molar-refractivity contribution in [1.82, 2.24) is 0 Å². The molecule has 0 heterocycles. The van der Waals surface area contributed by atoms with Crippen LogP contribution in [0, 0.1) is 5.92 Å². The molecule has 7 heteroatoms. The van der Waals surface area contributed by atoms with Crippen molar-refractivity contribution in [2.24, 2.45) is 5.92 Å². The Morgan fingerprint density at radius 3 is 2.17 bits per heavy atom. The van der Waals surface area contributed by atoms with Gasteiger partial charge in [0.15, 0.2) is 28.3 Å². The number of benzene rings is 1. The first-order valence-electron chi connectivity index (χ1n) is 7.73. The summed E-state index contributed by atoms with van der Waals surface area (Å²) in [4.78, 5) is 23.9. The predicted octanol–water partition coefficient (Wildman–Crippen LogP) is 2.27. The van der Waals surface area contributed by atoms with Crippen molar-refractivity contribution in [3.8, 4) is 0 Å². The van der Waals surface area contributed by atoms with Crippen molar-refractivity contribution in [2.75, 3.05) is 19.5 Å². The fourth-order valence-corrected chi connectivity index (χ4v) is 2.40. The number of esters is 1. The molecule has 0 saturated carbocycles. The molecule has 1 aromatic rings. The minimum atomic E-state index is -3.31. The summed E-state index contributed by atoms with van der Waals surface area (Å²) in [6, 6.07) is 5.49. The summed E-state index contributed by atoms with van der Waals surface area (Å²) in [6.07, 6.45) is 1.19. The van der Waals surface area contributed by atoms with E-state index in [4.69, 9.17) is 9.47 Å². The molecule has 24 heavy (non-hydrogen) atoms. The molecule has 134 valence electrons. The fraction of sp³-hybridized carbons (Fsp3) is 0.529. The molecular formula is C17H24O6S. The van der Waals surface area contributed by atoms with Crippen molar-refractivity contribution in [1.29, 1.82) is 0 Å². The summed E-state index contributed by atoms with van der Waals surface area (Å²) in [5, 5.41) is 0. The number of hydrogen-bond donors (Lipinski definition) is 0. The lowest BCUT2D eigenvalue weighted by Gasteiger charge is -2.13. The van der Waals surface area contributed by atoms with E-state index in [0.29, 0.717) is 12.5 Å². The third-order valence-electron chi connectivity index (χ3n) is 3.34. The molecule has 1 aromatic carbocycles. The summed E-state index contributed by atoms with van der Waals surface area (Å²) in [6.45, 7) is 5.73. The van der Waals surface area contributed by atoms with Crippen LogP contribution in [0.5, 0.6) is 0 Å². The van der Waals surface area contributed by atoms with E-state index in [1.165, 1.54) is 24.3 Å². The molecule has 0 aliphatic carbocycles. The van der Waals surface area contributed by atoms with Gasteiger partial charge in [-0.3, -0.25) is 4.79 Å². The van der Waals surface area contributed by atoms with Crippen LogP contribution in [0.1, 0.15) is 37.6 Å². The molecule has 0 N–H and O–H groups in total. The van der Waals surface area contributed by atoms with E-state index >= 15 is 0 Å². The van der Waals surface area contributed by atoms with Crippen LogP contribution in [-0.2, 0) is 24.1 Å². The first-order valence-corrected chi connectivity index (χ1v) is 9.62. The van der Waals surface area contributed by atoms with E-state index in [1.807, 2.05) is 0 Å².